The fourth-order valence-electron chi connectivity index (χ4n) is 3.45. The van der Waals surface area contributed by atoms with Gasteiger partial charge in [0.25, 0.3) is 0 Å². The molecular formula is C16H22FNO2. The van der Waals surface area contributed by atoms with Gasteiger partial charge in [0.15, 0.2) is 0 Å². The second kappa shape index (κ2) is 6.20. The molecule has 0 spiro atoms. The smallest absolute Gasteiger partial charge is 0.123 e. The Kier molecular flexibility index (Phi) is 4.34. The summed E-state index contributed by atoms with van der Waals surface area (Å²) in [6, 6.07) is 6.77. The molecule has 0 bridgehead atoms. The number of benzene rings is 1. The highest BCUT2D eigenvalue weighted by atomic mass is 19.1. The number of halogens is 1. The van der Waals surface area contributed by atoms with Crippen molar-refractivity contribution in [1.82, 2.24) is 4.90 Å². The van der Waals surface area contributed by atoms with Crippen LogP contribution in [0.1, 0.15) is 37.4 Å². The zero-order chi connectivity index (χ0) is 13.9. The lowest BCUT2D eigenvalue weighted by Gasteiger charge is -2.38. The standard InChI is InChI=1S/C16H22FNO2/c17-13-4-1-3-12(11-13)15(19)7-8-18-9-10-20-16-6-2-5-14(16)18/h1,3-4,11,14-16,19H,2,5-10H2. The molecule has 2 fully saturated rings. The average Bonchev–Trinajstić information content (AvgIpc) is 2.93. The van der Waals surface area contributed by atoms with E-state index in [-0.39, 0.29) is 5.82 Å². The van der Waals surface area contributed by atoms with Gasteiger partial charge >= 0.3 is 0 Å². The van der Waals surface area contributed by atoms with Crippen LogP contribution in [0.25, 0.3) is 0 Å². The number of morpholine rings is 1. The minimum atomic E-state index is -0.589. The molecule has 0 amide bonds. The van der Waals surface area contributed by atoms with Gasteiger partial charge in [-0.05, 0) is 43.4 Å². The van der Waals surface area contributed by atoms with Crippen molar-refractivity contribution in [3.05, 3.63) is 35.6 Å². The highest BCUT2D eigenvalue weighted by molar-refractivity contribution is 5.18. The van der Waals surface area contributed by atoms with Gasteiger partial charge in [-0.25, -0.2) is 4.39 Å². The molecule has 3 nitrogen and oxygen atoms in total. The predicted molar refractivity (Wildman–Crippen MR) is 74.9 cm³/mol. The molecule has 3 atom stereocenters. The van der Waals surface area contributed by atoms with Gasteiger partial charge in [-0.2, -0.15) is 0 Å². The zero-order valence-corrected chi connectivity index (χ0v) is 11.7. The predicted octanol–water partition coefficient (Wildman–Crippen LogP) is 2.50. The Morgan fingerprint density at radius 3 is 3.15 bits per heavy atom. The van der Waals surface area contributed by atoms with E-state index in [4.69, 9.17) is 4.74 Å². The van der Waals surface area contributed by atoms with Crippen LogP contribution in [0.15, 0.2) is 24.3 Å². The molecule has 0 radical (unpaired) electrons. The third-order valence-electron chi connectivity index (χ3n) is 4.52. The molecule has 1 saturated heterocycles. The van der Waals surface area contributed by atoms with Crippen molar-refractivity contribution in [3.63, 3.8) is 0 Å². The molecule has 20 heavy (non-hydrogen) atoms. The SMILES string of the molecule is OC(CCN1CCOC2CCCC21)c1cccc(F)c1. The number of aliphatic hydroxyl groups is 1. The Morgan fingerprint density at radius 2 is 2.30 bits per heavy atom. The topological polar surface area (TPSA) is 32.7 Å². The minimum Gasteiger partial charge on any atom is -0.388 e. The van der Waals surface area contributed by atoms with Crippen LogP contribution >= 0.6 is 0 Å². The van der Waals surface area contributed by atoms with Gasteiger partial charge in [-0.1, -0.05) is 12.1 Å². The van der Waals surface area contributed by atoms with E-state index in [0.29, 0.717) is 24.1 Å². The van der Waals surface area contributed by atoms with Crippen LogP contribution in [0, 0.1) is 5.82 Å². The van der Waals surface area contributed by atoms with E-state index in [1.54, 1.807) is 12.1 Å². The van der Waals surface area contributed by atoms with Crippen molar-refractivity contribution in [2.75, 3.05) is 19.7 Å². The quantitative estimate of drug-likeness (QED) is 0.919. The van der Waals surface area contributed by atoms with Gasteiger partial charge < -0.3 is 9.84 Å². The molecule has 1 N–H and O–H groups in total. The molecule has 1 aliphatic carbocycles. The molecule has 1 aliphatic heterocycles. The van der Waals surface area contributed by atoms with Crippen LogP contribution in [0.2, 0.25) is 0 Å². The van der Waals surface area contributed by atoms with Crippen molar-refractivity contribution in [2.45, 2.75) is 43.9 Å². The van der Waals surface area contributed by atoms with Gasteiger partial charge in [-0.15, -0.1) is 0 Å². The van der Waals surface area contributed by atoms with Gasteiger partial charge in [0, 0.05) is 19.1 Å². The summed E-state index contributed by atoms with van der Waals surface area (Å²) in [5.41, 5.74) is 0.668. The Morgan fingerprint density at radius 1 is 1.40 bits per heavy atom. The molecule has 1 aromatic carbocycles. The summed E-state index contributed by atoms with van der Waals surface area (Å²) >= 11 is 0. The van der Waals surface area contributed by atoms with Crippen molar-refractivity contribution >= 4 is 0 Å². The molecule has 2 aliphatic rings. The lowest BCUT2D eigenvalue weighted by Crippen LogP contribution is -2.48. The molecular weight excluding hydrogens is 257 g/mol. The van der Waals surface area contributed by atoms with Crippen molar-refractivity contribution < 1.29 is 14.2 Å². The van der Waals surface area contributed by atoms with Gasteiger partial charge in [-0.3, -0.25) is 4.90 Å². The largest absolute Gasteiger partial charge is 0.388 e. The van der Waals surface area contributed by atoms with Gasteiger partial charge in [0.2, 0.25) is 0 Å². The number of hydrogen-bond acceptors (Lipinski definition) is 3. The molecule has 3 rings (SSSR count). The Balaban J connectivity index is 1.56. The van der Waals surface area contributed by atoms with Crippen molar-refractivity contribution in [2.24, 2.45) is 0 Å². The summed E-state index contributed by atoms with van der Waals surface area (Å²) in [6.45, 7) is 2.58. The molecule has 110 valence electrons. The molecule has 1 aromatic rings. The van der Waals surface area contributed by atoms with Crippen LogP contribution in [0.3, 0.4) is 0 Å². The monoisotopic (exact) mass is 279 g/mol. The van der Waals surface area contributed by atoms with E-state index in [1.165, 1.54) is 25.0 Å². The normalized spacial score (nSPS) is 28.3. The van der Waals surface area contributed by atoms with E-state index >= 15 is 0 Å². The average molecular weight is 279 g/mol. The maximum absolute atomic E-state index is 13.2. The van der Waals surface area contributed by atoms with E-state index in [2.05, 4.69) is 4.90 Å². The molecule has 1 saturated carbocycles. The first kappa shape index (κ1) is 14.0. The molecule has 0 aromatic heterocycles. The third-order valence-corrected chi connectivity index (χ3v) is 4.52. The number of nitrogens with zero attached hydrogens (tertiary/aromatic N) is 1. The van der Waals surface area contributed by atoms with E-state index < -0.39 is 6.10 Å². The second-order valence-electron chi connectivity index (χ2n) is 5.80. The summed E-state index contributed by atoms with van der Waals surface area (Å²) in [7, 11) is 0. The lowest BCUT2D eigenvalue weighted by atomic mass is 10.0. The van der Waals surface area contributed by atoms with E-state index in [0.717, 1.165) is 26.1 Å². The summed E-state index contributed by atoms with van der Waals surface area (Å²) < 4.78 is 18.9. The third kappa shape index (κ3) is 3.03. The Hall–Kier alpha value is -0.970. The van der Waals surface area contributed by atoms with Crippen LogP contribution in [-0.2, 0) is 4.74 Å². The van der Waals surface area contributed by atoms with Crippen molar-refractivity contribution in [1.29, 1.82) is 0 Å². The zero-order valence-electron chi connectivity index (χ0n) is 11.7. The number of aliphatic hydroxyl groups excluding tert-OH is 1. The van der Waals surface area contributed by atoms with Gasteiger partial charge in [0.05, 0.1) is 18.8 Å². The first-order chi connectivity index (χ1) is 9.74. The number of rotatable bonds is 4. The summed E-state index contributed by atoms with van der Waals surface area (Å²) in [5.74, 6) is -0.288. The fourth-order valence-corrected chi connectivity index (χ4v) is 3.45. The van der Waals surface area contributed by atoms with Crippen LogP contribution in [-0.4, -0.2) is 41.8 Å². The molecule has 4 heteroatoms. The Bertz CT molecular complexity index is 454. The van der Waals surface area contributed by atoms with Gasteiger partial charge in [0.1, 0.15) is 5.82 Å². The molecule has 3 unspecified atom stereocenters. The maximum atomic E-state index is 13.2. The summed E-state index contributed by atoms with van der Waals surface area (Å²) in [5, 5.41) is 10.2. The van der Waals surface area contributed by atoms with Crippen molar-refractivity contribution in [3.8, 4) is 0 Å². The summed E-state index contributed by atoms with van der Waals surface area (Å²) in [4.78, 5) is 2.43. The first-order valence-electron chi connectivity index (χ1n) is 7.53. The summed E-state index contributed by atoms with van der Waals surface area (Å²) in [6.07, 6.45) is 4.03. The van der Waals surface area contributed by atoms with Crippen LogP contribution < -0.4 is 0 Å². The fraction of sp³-hybridized carbons (Fsp3) is 0.625. The Labute approximate surface area is 119 Å². The number of ether oxygens (including phenoxy) is 1. The van der Waals surface area contributed by atoms with Crippen LogP contribution in [0.5, 0.6) is 0 Å². The lowest BCUT2D eigenvalue weighted by molar-refractivity contribution is -0.0587. The van der Waals surface area contributed by atoms with E-state index in [9.17, 15) is 9.50 Å². The number of fused-ring (bicyclic) bond motifs is 1. The molecule has 1 heterocycles. The highest BCUT2D eigenvalue weighted by Gasteiger charge is 2.35. The minimum absolute atomic E-state index is 0.288. The number of hydrogen-bond donors (Lipinski definition) is 1. The van der Waals surface area contributed by atoms with Crippen LogP contribution in [0.4, 0.5) is 4.39 Å². The first-order valence-corrected chi connectivity index (χ1v) is 7.53. The second-order valence-corrected chi connectivity index (χ2v) is 5.80. The van der Waals surface area contributed by atoms with E-state index in [1.807, 2.05) is 0 Å². The maximum Gasteiger partial charge on any atom is 0.123 e. The highest BCUT2D eigenvalue weighted by Crippen LogP contribution is 2.30.